The molecule has 11 nitrogen and oxygen atoms in total. The number of nitriles is 1. The van der Waals surface area contributed by atoms with Crippen molar-refractivity contribution in [2.24, 2.45) is 0 Å². The highest BCUT2D eigenvalue weighted by molar-refractivity contribution is 7.80. The van der Waals surface area contributed by atoms with Crippen molar-refractivity contribution in [3.63, 3.8) is 0 Å². The zero-order valence-electron chi connectivity index (χ0n) is 22.3. The quantitative estimate of drug-likeness (QED) is 0.122. The van der Waals surface area contributed by atoms with E-state index in [4.69, 9.17) is 22.7 Å². The number of hydrogen-bond donors (Lipinski definition) is 2. The van der Waals surface area contributed by atoms with Gasteiger partial charge in [0.05, 0.1) is 23.6 Å². The Hall–Kier alpha value is -4.49. The highest BCUT2D eigenvalue weighted by Crippen LogP contribution is 2.38. The number of aryl methyl sites for hydroxylation is 1. The summed E-state index contributed by atoms with van der Waals surface area (Å²) in [6, 6.07) is 6.39. The number of carbonyl (C=O) groups is 2. The summed E-state index contributed by atoms with van der Waals surface area (Å²) in [6.07, 6.45) is -1.03. The van der Waals surface area contributed by atoms with Crippen LogP contribution >= 0.6 is 12.2 Å². The molecule has 1 aromatic carbocycles. The third-order valence-corrected chi connectivity index (χ3v) is 7.15. The minimum atomic E-state index is -4.89. The molecular formula is C26H24F4N8O3S. The molecule has 1 saturated heterocycles. The second-order valence-corrected chi connectivity index (χ2v) is 10.3. The lowest BCUT2D eigenvalue weighted by atomic mass is 10.0. The second kappa shape index (κ2) is 11.8. The zero-order valence-corrected chi connectivity index (χ0v) is 23.1. The van der Waals surface area contributed by atoms with Gasteiger partial charge in [0, 0.05) is 30.6 Å². The summed E-state index contributed by atoms with van der Waals surface area (Å²) in [5.41, 5.74) is -1.17. The molecule has 2 amide bonds. The SMILES string of the molecule is CC1(C)C(=O)N(c2cnc(C#N)c(C(F)(F)F)c2)C(=S)N1Cc1ccc(-c2cn(CCCCC(=O)NO)nn2)cc1F. The summed E-state index contributed by atoms with van der Waals surface area (Å²) >= 11 is 5.46. The Labute approximate surface area is 242 Å². The van der Waals surface area contributed by atoms with Crippen LogP contribution in [0, 0.1) is 17.1 Å². The predicted molar refractivity (Wildman–Crippen MR) is 143 cm³/mol. The Kier molecular flexibility index (Phi) is 8.55. The maximum absolute atomic E-state index is 15.3. The number of hydroxylamine groups is 1. The van der Waals surface area contributed by atoms with Gasteiger partial charge in [-0.1, -0.05) is 17.3 Å². The number of hydrogen-bond acceptors (Lipinski definition) is 8. The minimum Gasteiger partial charge on any atom is -0.330 e. The van der Waals surface area contributed by atoms with E-state index in [1.165, 1.54) is 36.9 Å². The van der Waals surface area contributed by atoms with Gasteiger partial charge in [-0.05, 0) is 51.0 Å². The van der Waals surface area contributed by atoms with E-state index in [2.05, 4.69) is 15.3 Å². The number of thiocarbonyl (C=S) groups is 1. The molecule has 3 aromatic rings. The van der Waals surface area contributed by atoms with Gasteiger partial charge >= 0.3 is 6.18 Å². The van der Waals surface area contributed by atoms with E-state index in [9.17, 15) is 22.8 Å². The molecule has 1 aliphatic rings. The molecule has 220 valence electrons. The molecule has 0 atom stereocenters. The summed E-state index contributed by atoms with van der Waals surface area (Å²) in [5, 5.41) is 25.5. The fraction of sp³-hybridized carbons (Fsp3) is 0.346. The van der Waals surface area contributed by atoms with E-state index in [1.54, 1.807) is 22.4 Å². The van der Waals surface area contributed by atoms with Gasteiger partial charge in [-0.25, -0.2) is 14.9 Å². The Morgan fingerprint density at radius 2 is 1.98 bits per heavy atom. The number of nitrogens with one attached hydrogen (secondary N) is 1. The van der Waals surface area contributed by atoms with E-state index in [0.29, 0.717) is 36.7 Å². The average Bonchev–Trinajstić information content (AvgIpc) is 3.48. The molecular weight excluding hydrogens is 580 g/mol. The largest absolute Gasteiger partial charge is 0.419 e. The molecule has 0 spiro atoms. The molecule has 0 saturated carbocycles. The molecule has 0 aliphatic carbocycles. The number of halogens is 4. The van der Waals surface area contributed by atoms with E-state index in [1.807, 2.05) is 0 Å². The van der Waals surface area contributed by atoms with Crippen molar-refractivity contribution in [1.29, 1.82) is 5.26 Å². The first-order valence-corrected chi connectivity index (χ1v) is 12.9. The topological polar surface area (TPSA) is 140 Å². The van der Waals surface area contributed by atoms with E-state index in [0.717, 1.165) is 11.1 Å². The summed E-state index contributed by atoms with van der Waals surface area (Å²) < 4.78 is 57.4. The van der Waals surface area contributed by atoms with Crippen molar-refractivity contribution in [1.82, 2.24) is 30.4 Å². The van der Waals surface area contributed by atoms with Gasteiger partial charge in [-0.3, -0.25) is 24.4 Å². The third kappa shape index (κ3) is 6.06. The molecule has 4 rings (SSSR count). The molecule has 42 heavy (non-hydrogen) atoms. The molecule has 3 heterocycles. The van der Waals surface area contributed by atoms with Gasteiger partial charge in [-0.2, -0.15) is 18.4 Å². The summed E-state index contributed by atoms with van der Waals surface area (Å²) in [6.45, 7) is 3.33. The highest BCUT2D eigenvalue weighted by atomic mass is 32.1. The highest BCUT2D eigenvalue weighted by Gasteiger charge is 2.50. The minimum absolute atomic E-state index is 0.146. The molecule has 2 aromatic heterocycles. The van der Waals surface area contributed by atoms with Crippen LogP contribution in [0.1, 0.15) is 49.9 Å². The zero-order chi connectivity index (χ0) is 30.8. The van der Waals surface area contributed by atoms with Crippen LogP contribution in [0.3, 0.4) is 0 Å². The van der Waals surface area contributed by atoms with Crippen LogP contribution in [0.2, 0.25) is 0 Å². The normalized spacial score (nSPS) is 14.8. The van der Waals surface area contributed by atoms with Crippen molar-refractivity contribution in [2.75, 3.05) is 4.90 Å². The third-order valence-electron chi connectivity index (χ3n) is 6.75. The van der Waals surface area contributed by atoms with Crippen molar-refractivity contribution in [2.45, 2.75) is 57.9 Å². The fourth-order valence-electron chi connectivity index (χ4n) is 4.37. The molecule has 1 aliphatic heterocycles. The van der Waals surface area contributed by atoms with Crippen molar-refractivity contribution < 1.29 is 32.4 Å². The summed E-state index contributed by atoms with van der Waals surface area (Å²) in [7, 11) is 0. The monoisotopic (exact) mass is 604 g/mol. The van der Waals surface area contributed by atoms with Gasteiger partial charge in [0.2, 0.25) is 5.91 Å². The predicted octanol–water partition coefficient (Wildman–Crippen LogP) is 3.96. The van der Waals surface area contributed by atoms with Gasteiger partial charge in [-0.15, -0.1) is 5.10 Å². The summed E-state index contributed by atoms with van der Waals surface area (Å²) in [4.78, 5) is 30.3. The number of nitrogens with zero attached hydrogens (tertiary/aromatic N) is 7. The van der Waals surface area contributed by atoms with Crippen molar-refractivity contribution >= 4 is 34.8 Å². The van der Waals surface area contributed by atoms with Crippen LogP contribution < -0.4 is 10.4 Å². The molecule has 16 heteroatoms. The van der Waals surface area contributed by atoms with Gasteiger partial charge < -0.3 is 4.90 Å². The molecule has 0 bridgehead atoms. The molecule has 0 radical (unpaired) electrons. The first-order valence-electron chi connectivity index (χ1n) is 12.5. The lowest BCUT2D eigenvalue weighted by molar-refractivity contribution is -0.138. The van der Waals surface area contributed by atoms with Crippen molar-refractivity contribution in [3.8, 4) is 17.3 Å². The lowest BCUT2D eigenvalue weighted by Crippen LogP contribution is -2.43. The number of unbranched alkanes of at least 4 members (excludes halogenated alkanes) is 1. The Morgan fingerprint density at radius 1 is 1.24 bits per heavy atom. The first-order chi connectivity index (χ1) is 19.8. The van der Waals surface area contributed by atoms with Gasteiger partial charge in [0.15, 0.2) is 10.8 Å². The Morgan fingerprint density at radius 3 is 2.62 bits per heavy atom. The number of pyridine rings is 1. The number of benzene rings is 1. The Bertz CT molecular complexity index is 1580. The van der Waals surface area contributed by atoms with Crippen LogP contribution in [0.25, 0.3) is 11.3 Å². The van der Waals surface area contributed by atoms with Crippen LogP contribution in [0.5, 0.6) is 0 Å². The van der Waals surface area contributed by atoms with E-state index >= 15 is 4.39 Å². The fourth-order valence-corrected chi connectivity index (χ4v) is 4.85. The number of aromatic nitrogens is 4. The van der Waals surface area contributed by atoms with Gasteiger partial charge in [0.1, 0.15) is 23.1 Å². The smallest absolute Gasteiger partial charge is 0.330 e. The van der Waals surface area contributed by atoms with Gasteiger partial charge in [0.25, 0.3) is 5.91 Å². The number of alkyl halides is 3. The van der Waals surface area contributed by atoms with Crippen molar-refractivity contribution in [3.05, 3.63) is 59.3 Å². The van der Waals surface area contributed by atoms with Crippen LogP contribution in [-0.2, 0) is 28.9 Å². The van der Waals surface area contributed by atoms with E-state index in [-0.39, 0.29) is 29.3 Å². The van der Waals surface area contributed by atoms with Crippen LogP contribution in [0.15, 0.2) is 36.7 Å². The first kappa shape index (κ1) is 30.5. The maximum Gasteiger partial charge on any atom is 0.419 e. The van der Waals surface area contributed by atoms with Crippen LogP contribution in [-0.4, -0.2) is 52.6 Å². The van der Waals surface area contributed by atoms with E-state index < -0.39 is 40.6 Å². The lowest BCUT2D eigenvalue weighted by Gasteiger charge is -2.29. The molecule has 1 fully saturated rings. The number of amides is 2. The Balaban J connectivity index is 1.51. The number of anilines is 1. The second-order valence-electron chi connectivity index (χ2n) is 9.93. The molecule has 2 N–H and O–H groups in total. The number of carbonyl (C=O) groups excluding carboxylic acids is 2. The summed E-state index contributed by atoms with van der Waals surface area (Å²) in [5.74, 6) is -1.75. The molecule has 0 unspecified atom stereocenters. The maximum atomic E-state index is 15.3. The standard InChI is InChI=1S/C26H24F4N8O3S/c1-25(2)23(40)38(17-10-18(26(28,29)30)20(11-31)32-12-17)24(42)37(25)13-16-7-6-15(9-19(16)27)21-14-36(35-33-21)8-4-3-5-22(39)34-41/h6-7,9-10,12,14,41H,3-5,8,13H2,1-2H3,(H,34,39). The van der Waals surface area contributed by atoms with Crippen LogP contribution in [0.4, 0.5) is 23.2 Å². The number of rotatable bonds is 9. The average molecular weight is 605 g/mol.